The molecule has 5 heteroatoms. The van der Waals surface area contributed by atoms with Crippen molar-refractivity contribution >= 4 is 33.9 Å². The average Bonchev–Trinajstić information content (AvgIpc) is 3.35. The van der Waals surface area contributed by atoms with Crippen molar-refractivity contribution in [1.82, 2.24) is 9.99 Å². The molecule has 164 valence electrons. The smallest absolute Gasteiger partial charge is 0.307 e. The number of aryl methyl sites for hydroxylation is 3. The number of fused-ring (bicyclic) bond motifs is 3. The van der Waals surface area contributed by atoms with Crippen LogP contribution < -0.4 is 5.43 Å². The van der Waals surface area contributed by atoms with Gasteiger partial charge in [-0.05, 0) is 68.3 Å². The second kappa shape index (κ2) is 8.10. The molecular weight excluding hydrogens is 410 g/mol. The standard InChI is InChI=1S/C28H25N3O2/c1-17-9-11-25(18(2)13-17)31-19(3)14-22(20(31)4)16-29-30-28(32)27-15-24-23-8-6-5-7-21(23)10-12-26(24)33-27/h5-16H,1-4H3,(H,30,32)/b29-16-. The predicted molar refractivity (Wildman–Crippen MR) is 133 cm³/mol. The number of amides is 1. The zero-order valence-electron chi connectivity index (χ0n) is 19.1. The number of carbonyl (C=O) groups is 1. The summed E-state index contributed by atoms with van der Waals surface area (Å²) in [7, 11) is 0. The van der Waals surface area contributed by atoms with Crippen LogP contribution in [-0.4, -0.2) is 16.7 Å². The lowest BCUT2D eigenvalue weighted by atomic mass is 10.1. The topological polar surface area (TPSA) is 59.5 Å². The molecule has 0 saturated carbocycles. The van der Waals surface area contributed by atoms with E-state index in [0.717, 1.165) is 38.8 Å². The van der Waals surface area contributed by atoms with Gasteiger partial charge in [0.15, 0.2) is 5.76 Å². The Labute approximate surface area is 192 Å². The van der Waals surface area contributed by atoms with Gasteiger partial charge >= 0.3 is 5.91 Å². The molecular formula is C28H25N3O2. The van der Waals surface area contributed by atoms with E-state index in [4.69, 9.17) is 4.42 Å². The lowest BCUT2D eigenvalue weighted by Crippen LogP contribution is -2.16. The van der Waals surface area contributed by atoms with Crippen LogP contribution in [0.3, 0.4) is 0 Å². The van der Waals surface area contributed by atoms with Crippen LogP contribution in [0.5, 0.6) is 0 Å². The molecule has 0 atom stereocenters. The summed E-state index contributed by atoms with van der Waals surface area (Å²) < 4.78 is 7.99. The molecule has 1 N–H and O–H groups in total. The largest absolute Gasteiger partial charge is 0.451 e. The molecule has 0 aliphatic carbocycles. The van der Waals surface area contributed by atoms with E-state index in [-0.39, 0.29) is 11.7 Å². The number of nitrogens with zero attached hydrogens (tertiary/aromatic N) is 2. The van der Waals surface area contributed by atoms with Crippen molar-refractivity contribution in [2.24, 2.45) is 5.10 Å². The van der Waals surface area contributed by atoms with Gasteiger partial charge in [-0.25, -0.2) is 5.43 Å². The number of furan rings is 1. The van der Waals surface area contributed by atoms with Crippen LogP contribution >= 0.6 is 0 Å². The molecule has 0 spiro atoms. The zero-order valence-corrected chi connectivity index (χ0v) is 19.1. The van der Waals surface area contributed by atoms with Gasteiger partial charge in [-0.15, -0.1) is 0 Å². The molecule has 5 nitrogen and oxygen atoms in total. The monoisotopic (exact) mass is 435 g/mol. The normalized spacial score (nSPS) is 11.6. The van der Waals surface area contributed by atoms with Gasteiger partial charge in [-0.2, -0.15) is 5.10 Å². The number of benzene rings is 3. The van der Waals surface area contributed by atoms with E-state index in [1.165, 1.54) is 11.1 Å². The fraction of sp³-hybridized carbons (Fsp3) is 0.143. The maximum absolute atomic E-state index is 12.7. The van der Waals surface area contributed by atoms with Crippen molar-refractivity contribution in [3.63, 3.8) is 0 Å². The number of rotatable bonds is 4. The molecule has 5 aromatic rings. The fourth-order valence-corrected chi connectivity index (χ4v) is 4.47. The Kier molecular flexibility index (Phi) is 5.09. The molecule has 3 aromatic carbocycles. The van der Waals surface area contributed by atoms with Crippen molar-refractivity contribution in [2.75, 3.05) is 0 Å². The predicted octanol–water partition coefficient (Wildman–Crippen LogP) is 6.37. The first-order valence-corrected chi connectivity index (χ1v) is 10.9. The van der Waals surface area contributed by atoms with E-state index in [2.05, 4.69) is 67.1 Å². The van der Waals surface area contributed by atoms with Crippen LogP contribution in [0.1, 0.15) is 38.6 Å². The molecule has 5 rings (SSSR count). The minimum atomic E-state index is -0.380. The molecule has 1 amide bonds. The summed E-state index contributed by atoms with van der Waals surface area (Å²) in [5.41, 5.74) is 10.00. The van der Waals surface area contributed by atoms with E-state index < -0.39 is 0 Å². The summed E-state index contributed by atoms with van der Waals surface area (Å²) in [6.07, 6.45) is 1.68. The third kappa shape index (κ3) is 3.72. The van der Waals surface area contributed by atoms with Gasteiger partial charge in [0.05, 0.1) is 6.21 Å². The van der Waals surface area contributed by atoms with Crippen LogP contribution in [0.25, 0.3) is 27.4 Å². The molecule has 0 aliphatic rings. The Balaban J connectivity index is 1.39. The molecule has 0 unspecified atom stereocenters. The molecule has 0 fully saturated rings. The minimum Gasteiger partial charge on any atom is -0.451 e. The average molecular weight is 436 g/mol. The van der Waals surface area contributed by atoms with E-state index in [1.807, 2.05) is 36.4 Å². The van der Waals surface area contributed by atoms with Crippen LogP contribution in [0.2, 0.25) is 0 Å². The highest BCUT2D eigenvalue weighted by Gasteiger charge is 2.14. The van der Waals surface area contributed by atoms with Crippen molar-refractivity contribution in [3.8, 4) is 5.69 Å². The van der Waals surface area contributed by atoms with Crippen molar-refractivity contribution < 1.29 is 9.21 Å². The number of nitrogens with one attached hydrogen (secondary N) is 1. The van der Waals surface area contributed by atoms with E-state index >= 15 is 0 Å². The van der Waals surface area contributed by atoms with Gasteiger partial charge in [0, 0.05) is 28.0 Å². The van der Waals surface area contributed by atoms with E-state index in [1.54, 1.807) is 12.3 Å². The Morgan fingerprint density at radius 2 is 1.76 bits per heavy atom. The second-order valence-electron chi connectivity index (χ2n) is 8.46. The molecule has 2 heterocycles. The van der Waals surface area contributed by atoms with Crippen LogP contribution in [0, 0.1) is 27.7 Å². The number of carbonyl (C=O) groups excluding carboxylic acids is 1. The summed E-state index contributed by atoms with van der Waals surface area (Å²) in [6, 6.07) is 22.2. The summed E-state index contributed by atoms with van der Waals surface area (Å²) in [5, 5.41) is 7.28. The van der Waals surface area contributed by atoms with Gasteiger partial charge in [-0.3, -0.25) is 4.79 Å². The van der Waals surface area contributed by atoms with Gasteiger partial charge in [0.25, 0.3) is 0 Å². The lowest BCUT2D eigenvalue weighted by molar-refractivity contribution is 0.0929. The van der Waals surface area contributed by atoms with Gasteiger partial charge in [0.2, 0.25) is 0 Å². The Morgan fingerprint density at radius 3 is 2.58 bits per heavy atom. The number of hydrogen-bond donors (Lipinski definition) is 1. The lowest BCUT2D eigenvalue weighted by Gasteiger charge is -2.13. The van der Waals surface area contributed by atoms with Gasteiger partial charge in [0.1, 0.15) is 5.58 Å². The first-order chi connectivity index (χ1) is 15.9. The first-order valence-electron chi connectivity index (χ1n) is 10.9. The molecule has 2 aromatic heterocycles. The SMILES string of the molecule is Cc1ccc(-n2c(C)cc(/C=N\NC(=O)c3cc4c(ccc5ccccc54)o3)c2C)c(C)c1. The first kappa shape index (κ1) is 20.8. The Hall–Kier alpha value is -4.12. The summed E-state index contributed by atoms with van der Waals surface area (Å²) >= 11 is 0. The summed E-state index contributed by atoms with van der Waals surface area (Å²) in [4.78, 5) is 12.7. The highest BCUT2D eigenvalue weighted by molar-refractivity contribution is 6.08. The molecule has 0 radical (unpaired) electrons. The van der Waals surface area contributed by atoms with Crippen molar-refractivity contribution in [1.29, 1.82) is 0 Å². The maximum atomic E-state index is 12.7. The fourth-order valence-electron chi connectivity index (χ4n) is 4.47. The van der Waals surface area contributed by atoms with Gasteiger partial charge in [-0.1, -0.05) is 48.0 Å². The number of hydrazone groups is 1. The van der Waals surface area contributed by atoms with E-state index in [0.29, 0.717) is 5.58 Å². The molecule has 33 heavy (non-hydrogen) atoms. The quantitative estimate of drug-likeness (QED) is 0.263. The number of hydrogen-bond acceptors (Lipinski definition) is 3. The summed E-state index contributed by atoms with van der Waals surface area (Å²) in [6.45, 7) is 8.34. The Morgan fingerprint density at radius 1 is 0.939 bits per heavy atom. The third-order valence-corrected chi connectivity index (χ3v) is 6.08. The highest BCUT2D eigenvalue weighted by atomic mass is 16.3. The van der Waals surface area contributed by atoms with Gasteiger partial charge < -0.3 is 8.98 Å². The van der Waals surface area contributed by atoms with Crippen molar-refractivity contribution in [3.05, 3.63) is 101 Å². The third-order valence-electron chi connectivity index (χ3n) is 6.08. The second-order valence-corrected chi connectivity index (χ2v) is 8.46. The minimum absolute atomic E-state index is 0.235. The van der Waals surface area contributed by atoms with Crippen LogP contribution in [0.15, 0.2) is 76.2 Å². The van der Waals surface area contributed by atoms with E-state index in [9.17, 15) is 4.79 Å². The summed E-state index contributed by atoms with van der Waals surface area (Å²) in [5.74, 6) is -0.144. The van der Waals surface area contributed by atoms with Crippen LogP contribution in [0.4, 0.5) is 0 Å². The van der Waals surface area contributed by atoms with Crippen LogP contribution in [-0.2, 0) is 0 Å². The highest BCUT2D eigenvalue weighted by Crippen LogP contribution is 2.28. The van der Waals surface area contributed by atoms with Crippen molar-refractivity contribution in [2.45, 2.75) is 27.7 Å². The molecule has 0 saturated heterocycles. The number of aromatic nitrogens is 1. The Bertz CT molecular complexity index is 1550. The molecule has 0 aliphatic heterocycles. The zero-order chi connectivity index (χ0) is 23.1. The molecule has 0 bridgehead atoms. The maximum Gasteiger partial charge on any atom is 0.307 e.